The first-order valence-electron chi connectivity index (χ1n) is 4.01. The molecule has 0 bridgehead atoms. The summed E-state index contributed by atoms with van der Waals surface area (Å²) in [6.45, 7) is 6.10. The van der Waals surface area contributed by atoms with Crippen molar-refractivity contribution < 1.29 is 0 Å². The van der Waals surface area contributed by atoms with Crippen LogP contribution in [0.5, 0.6) is 0 Å². The predicted molar refractivity (Wildman–Crippen MR) is 50.1 cm³/mol. The Hall–Kier alpha value is -1.63. The van der Waals surface area contributed by atoms with Crippen molar-refractivity contribution in [2.45, 2.75) is 26.3 Å². The number of nitrogens with zero attached hydrogens (tertiary/aromatic N) is 3. The van der Waals surface area contributed by atoms with E-state index in [4.69, 9.17) is 5.26 Å². The van der Waals surface area contributed by atoms with Gasteiger partial charge in [-0.1, -0.05) is 0 Å². The fourth-order valence-corrected chi connectivity index (χ4v) is 0.835. The molecule has 1 aromatic heterocycles. The van der Waals surface area contributed by atoms with Crippen LogP contribution in [0.1, 0.15) is 26.5 Å². The SMILES string of the molecule is CC(C)(C)Nc1cnc(C#N)cn1. The third-order valence-corrected chi connectivity index (χ3v) is 1.27. The van der Waals surface area contributed by atoms with Gasteiger partial charge in [-0.05, 0) is 20.8 Å². The maximum absolute atomic E-state index is 8.49. The first kappa shape index (κ1) is 9.46. The van der Waals surface area contributed by atoms with Gasteiger partial charge in [-0.3, -0.25) is 0 Å². The molecule has 0 saturated heterocycles. The molecule has 1 N–H and O–H groups in total. The molecule has 4 nitrogen and oxygen atoms in total. The Kier molecular flexibility index (Phi) is 2.47. The van der Waals surface area contributed by atoms with Crippen LogP contribution in [-0.2, 0) is 0 Å². The summed E-state index contributed by atoms with van der Waals surface area (Å²) >= 11 is 0. The summed E-state index contributed by atoms with van der Waals surface area (Å²) < 4.78 is 0. The highest BCUT2D eigenvalue weighted by molar-refractivity contribution is 5.35. The molecule has 1 aromatic rings. The Morgan fingerprint density at radius 2 is 2.00 bits per heavy atom. The van der Waals surface area contributed by atoms with Gasteiger partial charge in [0, 0.05) is 5.54 Å². The van der Waals surface area contributed by atoms with E-state index in [0.29, 0.717) is 11.5 Å². The first-order chi connectivity index (χ1) is 6.01. The van der Waals surface area contributed by atoms with Crippen LogP contribution in [0.15, 0.2) is 12.4 Å². The molecule has 0 aliphatic carbocycles. The Morgan fingerprint density at radius 1 is 1.31 bits per heavy atom. The van der Waals surface area contributed by atoms with E-state index >= 15 is 0 Å². The van der Waals surface area contributed by atoms with Crippen LogP contribution in [0.4, 0.5) is 5.82 Å². The normalized spacial score (nSPS) is 10.6. The molecule has 0 saturated carbocycles. The van der Waals surface area contributed by atoms with Gasteiger partial charge in [0.2, 0.25) is 0 Å². The molecule has 0 aliphatic heterocycles. The lowest BCUT2D eigenvalue weighted by atomic mass is 10.1. The fraction of sp³-hybridized carbons (Fsp3) is 0.444. The van der Waals surface area contributed by atoms with Gasteiger partial charge in [-0.2, -0.15) is 5.26 Å². The molecule has 0 atom stereocenters. The lowest BCUT2D eigenvalue weighted by Crippen LogP contribution is -2.26. The maximum atomic E-state index is 8.49. The Labute approximate surface area is 77.6 Å². The lowest BCUT2D eigenvalue weighted by molar-refractivity contribution is 0.629. The van der Waals surface area contributed by atoms with Crippen molar-refractivity contribution in [2.24, 2.45) is 0 Å². The van der Waals surface area contributed by atoms with Gasteiger partial charge in [0.25, 0.3) is 0 Å². The van der Waals surface area contributed by atoms with E-state index < -0.39 is 0 Å². The van der Waals surface area contributed by atoms with Crippen LogP contribution >= 0.6 is 0 Å². The molecular formula is C9H12N4. The molecule has 0 aliphatic rings. The van der Waals surface area contributed by atoms with Crippen molar-refractivity contribution in [3.63, 3.8) is 0 Å². The van der Waals surface area contributed by atoms with Gasteiger partial charge in [-0.25, -0.2) is 9.97 Å². The number of nitrogens with one attached hydrogen (secondary N) is 1. The minimum absolute atomic E-state index is 0.0388. The van der Waals surface area contributed by atoms with Crippen LogP contribution < -0.4 is 5.32 Å². The highest BCUT2D eigenvalue weighted by Gasteiger charge is 2.09. The number of hydrogen-bond acceptors (Lipinski definition) is 4. The van der Waals surface area contributed by atoms with Crippen LogP contribution in [0, 0.1) is 11.3 Å². The van der Waals surface area contributed by atoms with Crippen LogP contribution in [0.2, 0.25) is 0 Å². The van der Waals surface area contributed by atoms with Crippen molar-refractivity contribution in [1.29, 1.82) is 5.26 Å². The molecule has 1 heterocycles. The predicted octanol–water partition coefficient (Wildman–Crippen LogP) is 1.56. The van der Waals surface area contributed by atoms with Gasteiger partial charge in [0.1, 0.15) is 11.9 Å². The first-order valence-corrected chi connectivity index (χ1v) is 4.01. The van der Waals surface area contributed by atoms with E-state index in [-0.39, 0.29) is 5.54 Å². The number of nitriles is 1. The van der Waals surface area contributed by atoms with Crippen LogP contribution in [-0.4, -0.2) is 15.5 Å². The molecule has 0 amide bonds. The van der Waals surface area contributed by atoms with E-state index in [1.807, 2.05) is 26.8 Å². The molecule has 13 heavy (non-hydrogen) atoms. The van der Waals surface area contributed by atoms with Crippen molar-refractivity contribution in [1.82, 2.24) is 9.97 Å². The van der Waals surface area contributed by atoms with Crippen LogP contribution in [0.3, 0.4) is 0 Å². The van der Waals surface area contributed by atoms with E-state index in [9.17, 15) is 0 Å². The maximum Gasteiger partial charge on any atom is 0.158 e. The Balaban J connectivity index is 2.77. The second-order valence-corrected chi connectivity index (χ2v) is 3.77. The third-order valence-electron chi connectivity index (χ3n) is 1.27. The van der Waals surface area contributed by atoms with E-state index in [0.717, 1.165) is 0 Å². The van der Waals surface area contributed by atoms with Crippen molar-refractivity contribution in [2.75, 3.05) is 5.32 Å². The van der Waals surface area contributed by atoms with Gasteiger partial charge in [0.05, 0.1) is 12.4 Å². The van der Waals surface area contributed by atoms with Gasteiger partial charge in [-0.15, -0.1) is 0 Å². The number of hydrogen-bond donors (Lipinski definition) is 1. The average molecular weight is 176 g/mol. The zero-order valence-electron chi connectivity index (χ0n) is 8.00. The fourth-order valence-electron chi connectivity index (χ4n) is 0.835. The van der Waals surface area contributed by atoms with E-state index in [1.165, 1.54) is 6.20 Å². The highest BCUT2D eigenvalue weighted by atomic mass is 15.1. The van der Waals surface area contributed by atoms with Gasteiger partial charge >= 0.3 is 0 Å². The standard InChI is InChI=1S/C9H12N4/c1-9(2,3)13-8-6-11-7(4-10)5-12-8/h5-6H,1-3H3,(H,12,13). The summed E-state index contributed by atoms with van der Waals surface area (Å²) in [5, 5.41) is 11.6. The zero-order chi connectivity index (χ0) is 9.90. The second-order valence-electron chi connectivity index (χ2n) is 3.77. The summed E-state index contributed by atoms with van der Waals surface area (Å²) in [6, 6.07) is 1.92. The van der Waals surface area contributed by atoms with Crippen molar-refractivity contribution in [3.05, 3.63) is 18.1 Å². The number of rotatable bonds is 1. The smallest absolute Gasteiger partial charge is 0.158 e. The van der Waals surface area contributed by atoms with Crippen molar-refractivity contribution >= 4 is 5.82 Å². The number of anilines is 1. The van der Waals surface area contributed by atoms with E-state index in [1.54, 1.807) is 6.20 Å². The molecule has 1 rings (SSSR count). The quantitative estimate of drug-likeness (QED) is 0.705. The van der Waals surface area contributed by atoms with E-state index in [2.05, 4.69) is 15.3 Å². The molecule has 68 valence electrons. The zero-order valence-corrected chi connectivity index (χ0v) is 8.00. The molecular weight excluding hydrogens is 164 g/mol. The van der Waals surface area contributed by atoms with Crippen LogP contribution in [0.25, 0.3) is 0 Å². The number of aromatic nitrogens is 2. The molecule has 0 radical (unpaired) electrons. The second kappa shape index (κ2) is 3.40. The highest BCUT2D eigenvalue weighted by Crippen LogP contribution is 2.09. The minimum Gasteiger partial charge on any atom is -0.364 e. The summed E-state index contributed by atoms with van der Waals surface area (Å²) in [4.78, 5) is 7.93. The summed E-state index contributed by atoms with van der Waals surface area (Å²) in [7, 11) is 0. The summed E-state index contributed by atoms with van der Waals surface area (Å²) in [5.41, 5.74) is 0.294. The summed E-state index contributed by atoms with van der Waals surface area (Å²) in [5.74, 6) is 0.687. The Bertz CT molecular complexity index is 315. The monoisotopic (exact) mass is 176 g/mol. The lowest BCUT2D eigenvalue weighted by Gasteiger charge is -2.20. The molecule has 0 spiro atoms. The van der Waals surface area contributed by atoms with Crippen molar-refractivity contribution in [3.8, 4) is 6.07 Å². The van der Waals surface area contributed by atoms with Gasteiger partial charge < -0.3 is 5.32 Å². The topological polar surface area (TPSA) is 61.6 Å². The molecule has 0 unspecified atom stereocenters. The van der Waals surface area contributed by atoms with Gasteiger partial charge in [0.15, 0.2) is 5.69 Å². The summed E-state index contributed by atoms with van der Waals surface area (Å²) in [6.07, 6.45) is 3.01. The minimum atomic E-state index is -0.0388. The molecule has 0 fully saturated rings. The Morgan fingerprint density at radius 3 is 2.38 bits per heavy atom. The third kappa shape index (κ3) is 3.08. The largest absolute Gasteiger partial charge is 0.364 e. The molecule has 0 aromatic carbocycles. The average Bonchev–Trinajstić information content (AvgIpc) is 2.03. The molecule has 4 heteroatoms.